The summed E-state index contributed by atoms with van der Waals surface area (Å²) in [4.78, 5) is 15.1. The molecule has 0 aromatic heterocycles. The molecule has 4 nitrogen and oxygen atoms in total. The minimum Gasteiger partial charge on any atom is -0.481 e. The van der Waals surface area contributed by atoms with E-state index in [9.17, 15) is 4.79 Å². The lowest BCUT2D eigenvalue weighted by Crippen LogP contribution is -2.09. The molecule has 0 unspecified atom stereocenters. The highest BCUT2D eigenvalue weighted by Gasteiger charge is 2.12. The van der Waals surface area contributed by atoms with Crippen molar-refractivity contribution in [3.8, 4) is 0 Å². The lowest BCUT2D eigenvalue weighted by atomic mass is 10.00. The number of nitrogens with zero attached hydrogens (tertiary/aromatic N) is 1. The third-order valence-electron chi connectivity index (χ3n) is 1.66. The molecule has 1 rings (SSSR count). The largest absolute Gasteiger partial charge is 0.481 e. The standard InChI is InChI=1S/C9H11NO3/c1-13-10-8-5-3-2-4-7(8)6-9(11)12/h2-4H,5-6H2,1H3,(H,11,12). The second kappa shape index (κ2) is 4.45. The van der Waals surface area contributed by atoms with Crippen LogP contribution < -0.4 is 0 Å². The fraction of sp³-hybridized carbons (Fsp3) is 0.333. The van der Waals surface area contributed by atoms with Crippen LogP contribution in [0.2, 0.25) is 0 Å². The van der Waals surface area contributed by atoms with E-state index < -0.39 is 5.97 Å². The van der Waals surface area contributed by atoms with Gasteiger partial charge in [-0.2, -0.15) is 0 Å². The first kappa shape index (κ1) is 9.51. The lowest BCUT2D eigenvalue weighted by Gasteiger charge is -2.08. The van der Waals surface area contributed by atoms with Gasteiger partial charge in [0.15, 0.2) is 0 Å². The highest BCUT2D eigenvalue weighted by atomic mass is 16.6. The van der Waals surface area contributed by atoms with Gasteiger partial charge >= 0.3 is 5.97 Å². The van der Waals surface area contributed by atoms with Crippen LogP contribution in [0.25, 0.3) is 0 Å². The van der Waals surface area contributed by atoms with Crippen LogP contribution in [-0.2, 0) is 9.63 Å². The molecule has 0 bridgehead atoms. The Kier molecular flexibility index (Phi) is 3.25. The summed E-state index contributed by atoms with van der Waals surface area (Å²) in [6, 6.07) is 0. The summed E-state index contributed by atoms with van der Waals surface area (Å²) in [7, 11) is 1.45. The molecule has 0 amide bonds. The molecule has 0 aromatic rings. The Bertz CT molecular complexity index is 289. The summed E-state index contributed by atoms with van der Waals surface area (Å²) in [6.07, 6.45) is 6.10. The molecule has 0 saturated carbocycles. The van der Waals surface area contributed by atoms with Crippen LogP contribution in [0.15, 0.2) is 29.0 Å². The van der Waals surface area contributed by atoms with Crippen LogP contribution in [0.4, 0.5) is 0 Å². The van der Waals surface area contributed by atoms with E-state index in [1.54, 1.807) is 6.08 Å². The van der Waals surface area contributed by atoms with E-state index >= 15 is 0 Å². The van der Waals surface area contributed by atoms with Crippen LogP contribution in [0.3, 0.4) is 0 Å². The first-order valence-electron chi connectivity index (χ1n) is 3.92. The topological polar surface area (TPSA) is 58.9 Å². The van der Waals surface area contributed by atoms with E-state index in [-0.39, 0.29) is 6.42 Å². The van der Waals surface area contributed by atoms with Gasteiger partial charge in [-0.1, -0.05) is 23.4 Å². The van der Waals surface area contributed by atoms with Gasteiger partial charge < -0.3 is 9.94 Å². The Morgan fingerprint density at radius 2 is 2.54 bits per heavy atom. The predicted octanol–water partition coefficient (Wildman–Crippen LogP) is 1.35. The van der Waals surface area contributed by atoms with Crippen molar-refractivity contribution < 1.29 is 14.7 Å². The smallest absolute Gasteiger partial charge is 0.307 e. The van der Waals surface area contributed by atoms with E-state index in [2.05, 4.69) is 9.99 Å². The minimum atomic E-state index is -0.856. The summed E-state index contributed by atoms with van der Waals surface area (Å²) >= 11 is 0. The number of hydrogen-bond donors (Lipinski definition) is 1. The summed E-state index contributed by atoms with van der Waals surface area (Å²) in [5.74, 6) is -0.856. The molecule has 0 spiro atoms. The SMILES string of the molecule is CON=C1CC=CC=C1CC(=O)O. The van der Waals surface area contributed by atoms with Gasteiger partial charge in [0.05, 0.1) is 12.1 Å². The zero-order valence-electron chi connectivity index (χ0n) is 7.36. The van der Waals surface area contributed by atoms with Crippen LogP contribution >= 0.6 is 0 Å². The minimum absolute atomic E-state index is 0.00741. The van der Waals surface area contributed by atoms with Crippen molar-refractivity contribution in [2.45, 2.75) is 12.8 Å². The number of carboxylic acids is 1. The van der Waals surface area contributed by atoms with Crippen molar-refractivity contribution >= 4 is 11.7 Å². The van der Waals surface area contributed by atoms with E-state index in [1.165, 1.54) is 7.11 Å². The van der Waals surface area contributed by atoms with Crippen LogP contribution in [0.5, 0.6) is 0 Å². The van der Waals surface area contributed by atoms with Gasteiger partial charge in [0.2, 0.25) is 0 Å². The molecule has 0 aromatic carbocycles. The molecule has 0 atom stereocenters. The Labute approximate surface area is 76.2 Å². The molecule has 70 valence electrons. The average molecular weight is 181 g/mol. The highest BCUT2D eigenvalue weighted by molar-refractivity contribution is 6.04. The van der Waals surface area contributed by atoms with Crippen molar-refractivity contribution in [3.63, 3.8) is 0 Å². The first-order valence-corrected chi connectivity index (χ1v) is 3.92. The van der Waals surface area contributed by atoms with Crippen molar-refractivity contribution in [1.29, 1.82) is 0 Å². The molecule has 0 fully saturated rings. The van der Waals surface area contributed by atoms with E-state index in [0.717, 1.165) is 0 Å². The van der Waals surface area contributed by atoms with Crippen LogP contribution in [0.1, 0.15) is 12.8 Å². The fourth-order valence-corrected chi connectivity index (χ4v) is 1.12. The lowest BCUT2D eigenvalue weighted by molar-refractivity contribution is -0.136. The average Bonchev–Trinajstić information content (AvgIpc) is 2.08. The van der Waals surface area contributed by atoms with Crippen LogP contribution in [0, 0.1) is 0 Å². The van der Waals surface area contributed by atoms with Gasteiger partial charge in [0.1, 0.15) is 7.11 Å². The van der Waals surface area contributed by atoms with Crippen LogP contribution in [-0.4, -0.2) is 23.9 Å². The molecular formula is C9H11NO3. The maximum absolute atomic E-state index is 10.5. The van der Waals surface area contributed by atoms with E-state index in [1.807, 2.05) is 12.2 Å². The van der Waals surface area contributed by atoms with Gasteiger partial charge in [0, 0.05) is 6.42 Å². The van der Waals surface area contributed by atoms with Crippen molar-refractivity contribution in [3.05, 3.63) is 23.8 Å². The monoisotopic (exact) mass is 181 g/mol. The molecular weight excluding hydrogens is 170 g/mol. The molecule has 0 radical (unpaired) electrons. The van der Waals surface area contributed by atoms with Gasteiger partial charge in [-0.05, 0) is 5.57 Å². The van der Waals surface area contributed by atoms with Gasteiger partial charge in [-0.3, -0.25) is 4.79 Å². The zero-order valence-corrected chi connectivity index (χ0v) is 7.36. The van der Waals surface area contributed by atoms with E-state index in [4.69, 9.17) is 5.11 Å². The fourth-order valence-electron chi connectivity index (χ4n) is 1.12. The number of carbonyl (C=O) groups is 1. The third-order valence-corrected chi connectivity index (χ3v) is 1.66. The Morgan fingerprint density at radius 3 is 3.15 bits per heavy atom. The van der Waals surface area contributed by atoms with Gasteiger partial charge in [0.25, 0.3) is 0 Å². The molecule has 1 aliphatic carbocycles. The molecule has 4 heteroatoms. The van der Waals surface area contributed by atoms with Crippen molar-refractivity contribution in [2.24, 2.45) is 5.16 Å². The summed E-state index contributed by atoms with van der Waals surface area (Å²) in [5, 5.41) is 12.3. The number of carboxylic acid groups (broad SMARTS) is 1. The van der Waals surface area contributed by atoms with Gasteiger partial charge in [-0.25, -0.2) is 0 Å². The molecule has 0 aliphatic heterocycles. The molecule has 1 aliphatic rings. The maximum Gasteiger partial charge on any atom is 0.307 e. The Hall–Kier alpha value is -1.58. The Morgan fingerprint density at radius 1 is 1.77 bits per heavy atom. The second-order valence-corrected chi connectivity index (χ2v) is 2.62. The maximum atomic E-state index is 10.5. The van der Waals surface area contributed by atoms with Crippen molar-refractivity contribution in [1.82, 2.24) is 0 Å². The number of hydrogen-bond acceptors (Lipinski definition) is 3. The van der Waals surface area contributed by atoms with Gasteiger partial charge in [-0.15, -0.1) is 0 Å². The number of oxime groups is 1. The summed E-state index contributed by atoms with van der Waals surface area (Å²) in [5.41, 5.74) is 1.39. The number of rotatable bonds is 3. The van der Waals surface area contributed by atoms with Crippen molar-refractivity contribution in [2.75, 3.05) is 7.11 Å². The summed E-state index contributed by atoms with van der Waals surface area (Å²) in [6.45, 7) is 0. The number of allylic oxidation sites excluding steroid dienone is 3. The molecule has 13 heavy (non-hydrogen) atoms. The molecule has 0 heterocycles. The highest BCUT2D eigenvalue weighted by Crippen LogP contribution is 2.13. The normalized spacial score (nSPS) is 18.5. The Balaban J connectivity index is 2.77. The number of aliphatic carboxylic acids is 1. The predicted molar refractivity (Wildman–Crippen MR) is 48.5 cm³/mol. The quantitative estimate of drug-likeness (QED) is 0.668. The molecule has 1 N–H and O–H groups in total. The zero-order chi connectivity index (χ0) is 9.68. The second-order valence-electron chi connectivity index (χ2n) is 2.62. The van der Waals surface area contributed by atoms with E-state index in [0.29, 0.717) is 17.7 Å². The third kappa shape index (κ3) is 2.74. The summed E-state index contributed by atoms with van der Waals surface area (Å²) < 4.78 is 0. The molecule has 0 saturated heterocycles. The first-order chi connectivity index (χ1) is 6.24.